The van der Waals surface area contributed by atoms with Gasteiger partial charge in [0.25, 0.3) is 0 Å². The molecule has 0 aromatic carbocycles. The minimum absolute atomic E-state index is 0.0216. The Labute approximate surface area is 80.4 Å². The first-order valence-electron chi connectivity index (χ1n) is 4.33. The van der Waals surface area contributed by atoms with Crippen molar-refractivity contribution in [2.24, 2.45) is 5.73 Å². The fraction of sp³-hybridized carbons (Fsp3) is 0.875. The van der Waals surface area contributed by atoms with E-state index in [-0.39, 0.29) is 12.6 Å². The van der Waals surface area contributed by atoms with Gasteiger partial charge in [-0.05, 0) is 26.2 Å². The van der Waals surface area contributed by atoms with Gasteiger partial charge in [-0.3, -0.25) is 0 Å². The van der Waals surface area contributed by atoms with E-state index in [0.717, 1.165) is 0 Å². The molecule has 2 N–H and O–H groups in total. The van der Waals surface area contributed by atoms with Crippen molar-refractivity contribution in [3.8, 4) is 0 Å². The van der Waals surface area contributed by atoms with Crippen LogP contribution in [0.4, 0.5) is 13.2 Å². The zero-order valence-corrected chi connectivity index (χ0v) is 7.93. The molecule has 0 amide bonds. The van der Waals surface area contributed by atoms with E-state index < -0.39 is 12.1 Å². The van der Waals surface area contributed by atoms with Gasteiger partial charge < -0.3 is 10.5 Å². The van der Waals surface area contributed by atoms with E-state index in [4.69, 9.17) is 5.73 Å². The second kappa shape index (κ2) is 5.85. The average Bonchev–Trinajstić information content (AvgIpc) is 2.01. The minimum Gasteiger partial charge on any atom is -0.459 e. The van der Waals surface area contributed by atoms with Gasteiger partial charge in [0.1, 0.15) is 0 Å². The normalized spacial score (nSPS) is 13.8. The molecule has 0 radical (unpaired) electrons. The zero-order chi connectivity index (χ0) is 11.2. The number of ether oxygens (including phenoxy) is 1. The van der Waals surface area contributed by atoms with E-state index in [2.05, 4.69) is 4.74 Å². The van der Waals surface area contributed by atoms with Crippen molar-refractivity contribution in [1.82, 2.24) is 0 Å². The maximum absolute atomic E-state index is 11.6. The maximum Gasteiger partial charge on any atom is 0.490 e. The Morgan fingerprint density at radius 2 is 2.00 bits per heavy atom. The standard InChI is InChI=1S/C8H14F3NO2/c1-6(12)4-2-3-5-14-7(13)8(9,10)11/h6H,2-5,12H2,1H3. The molecule has 0 aliphatic rings. The van der Waals surface area contributed by atoms with Crippen LogP contribution in [0.25, 0.3) is 0 Å². The van der Waals surface area contributed by atoms with Crippen LogP contribution in [0.2, 0.25) is 0 Å². The van der Waals surface area contributed by atoms with Gasteiger partial charge in [0.05, 0.1) is 6.61 Å². The van der Waals surface area contributed by atoms with Gasteiger partial charge in [0, 0.05) is 6.04 Å². The molecule has 1 unspecified atom stereocenters. The van der Waals surface area contributed by atoms with Crippen LogP contribution in [0.3, 0.4) is 0 Å². The maximum atomic E-state index is 11.6. The van der Waals surface area contributed by atoms with Crippen LogP contribution >= 0.6 is 0 Å². The molecular formula is C8H14F3NO2. The van der Waals surface area contributed by atoms with Crippen molar-refractivity contribution in [3.63, 3.8) is 0 Å². The number of carbonyl (C=O) groups is 1. The number of nitrogens with two attached hydrogens (primary N) is 1. The first-order valence-corrected chi connectivity index (χ1v) is 4.33. The number of hydrogen-bond donors (Lipinski definition) is 1. The number of carbonyl (C=O) groups excluding carboxylic acids is 1. The smallest absolute Gasteiger partial charge is 0.459 e. The summed E-state index contributed by atoms with van der Waals surface area (Å²) in [4.78, 5) is 10.2. The Balaban J connectivity index is 3.42. The third-order valence-corrected chi connectivity index (χ3v) is 1.52. The van der Waals surface area contributed by atoms with Crippen molar-refractivity contribution in [1.29, 1.82) is 0 Å². The molecule has 0 aromatic rings. The molecule has 0 saturated heterocycles. The van der Waals surface area contributed by atoms with Crippen LogP contribution in [-0.4, -0.2) is 24.8 Å². The second-order valence-electron chi connectivity index (χ2n) is 3.11. The lowest BCUT2D eigenvalue weighted by molar-refractivity contribution is -0.199. The zero-order valence-electron chi connectivity index (χ0n) is 7.93. The molecule has 84 valence electrons. The van der Waals surface area contributed by atoms with Crippen LogP contribution in [0.15, 0.2) is 0 Å². The summed E-state index contributed by atoms with van der Waals surface area (Å²) in [5.74, 6) is -2.13. The lowest BCUT2D eigenvalue weighted by Crippen LogP contribution is -2.25. The number of esters is 1. The Morgan fingerprint density at radius 3 is 2.43 bits per heavy atom. The molecule has 1 atom stereocenters. The summed E-state index contributed by atoms with van der Waals surface area (Å²) in [5, 5.41) is 0. The monoisotopic (exact) mass is 213 g/mol. The lowest BCUT2D eigenvalue weighted by Gasteiger charge is -2.07. The molecule has 0 saturated carbocycles. The summed E-state index contributed by atoms with van der Waals surface area (Å²) in [6, 6.07) is 0.0216. The molecule has 0 bridgehead atoms. The number of unbranched alkanes of at least 4 members (excludes halogenated alkanes) is 1. The highest BCUT2D eigenvalue weighted by Crippen LogP contribution is 2.16. The molecule has 14 heavy (non-hydrogen) atoms. The Kier molecular flexibility index (Phi) is 5.52. The van der Waals surface area contributed by atoms with Crippen LogP contribution < -0.4 is 5.73 Å². The van der Waals surface area contributed by atoms with E-state index >= 15 is 0 Å². The van der Waals surface area contributed by atoms with Gasteiger partial charge >= 0.3 is 12.1 Å². The van der Waals surface area contributed by atoms with Crippen LogP contribution in [-0.2, 0) is 9.53 Å². The van der Waals surface area contributed by atoms with Crippen molar-refractivity contribution in [3.05, 3.63) is 0 Å². The van der Waals surface area contributed by atoms with E-state index in [1.807, 2.05) is 6.92 Å². The van der Waals surface area contributed by atoms with Gasteiger partial charge in [0.15, 0.2) is 0 Å². The van der Waals surface area contributed by atoms with E-state index in [1.54, 1.807) is 0 Å². The molecule has 0 aliphatic carbocycles. The number of rotatable bonds is 5. The van der Waals surface area contributed by atoms with Crippen molar-refractivity contribution in [2.45, 2.75) is 38.4 Å². The number of halogens is 3. The molecule has 0 aromatic heterocycles. The van der Waals surface area contributed by atoms with Gasteiger partial charge in [-0.2, -0.15) is 13.2 Å². The molecule has 0 aliphatic heterocycles. The summed E-state index contributed by atoms with van der Waals surface area (Å²) in [5.41, 5.74) is 5.42. The van der Waals surface area contributed by atoms with Crippen molar-refractivity contribution < 1.29 is 22.7 Å². The Morgan fingerprint density at radius 1 is 1.43 bits per heavy atom. The predicted octanol–water partition coefficient (Wildman–Crippen LogP) is 1.61. The average molecular weight is 213 g/mol. The first-order chi connectivity index (χ1) is 6.34. The van der Waals surface area contributed by atoms with Gasteiger partial charge in [0.2, 0.25) is 0 Å². The molecule has 3 nitrogen and oxygen atoms in total. The van der Waals surface area contributed by atoms with E-state index in [9.17, 15) is 18.0 Å². The highest BCUT2D eigenvalue weighted by atomic mass is 19.4. The third kappa shape index (κ3) is 6.71. The largest absolute Gasteiger partial charge is 0.490 e. The summed E-state index contributed by atoms with van der Waals surface area (Å²) in [6.07, 6.45) is -3.11. The quantitative estimate of drug-likeness (QED) is 0.557. The van der Waals surface area contributed by atoms with Crippen LogP contribution in [0.5, 0.6) is 0 Å². The fourth-order valence-corrected chi connectivity index (χ4v) is 0.815. The topological polar surface area (TPSA) is 52.3 Å². The molecule has 0 rings (SSSR count). The lowest BCUT2D eigenvalue weighted by atomic mass is 10.1. The first kappa shape index (κ1) is 13.2. The SMILES string of the molecule is CC(N)CCCCOC(=O)C(F)(F)F. The fourth-order valence-electron chi connectivity index (χ4n) is 0.815. The van der Waals surface area contributed by atoms with E-state index in [0.29, 0.717) is 19.3 Å². The number of alkyl halides is 3. The van der Waals surface area contributed by atoms with Crippen LogP contribution in [0.1, 0.15) is 26.2 Å². The summed E-state index contributed by atoms with van der Waals surface area (Å²) in [7, 11) is 0. The van der Waals surface area contributed by atoms with E-state index in [1.165, 1.54) is 0 Å². The molecule has 6 heteroatoms. The summed E-state index contributed by atoms with van der Waals surface area (Å²) in [6.45, 7) is 1.60. The summed E-state index contributed by atoms with van der Waals surface area (Å²) >= 11 is 0. The van der Waals surface area contributed by atoms with Gasteiger partial charge in [-0.25, -0.2) is 4.79 Å². The Hall–Kier alpha value is -0.780. The number of hydrogen-bond acceptors (Lipinski definition) is 3. The minimum atomic E-state index is -4.89. The predicted molar refractivity (Wildman–Crippen MR) is 44.5 cm³/mol. The molecule has 0 heterocycles. The highest BCUT2D eigenvalue weighted by Gasteiger charge is 2.40. The van der Waals surface area contributed by atoms with Crippen LogP contribution in [0, 0.1) is 0 Å². The second-order valence-corrected chi connectivity index (χ2v) is 3.11. The summed E-state index contributed by atoms with van der Waals surface area (Å²) < 4.78 is 38.8. The third-order valence-electron chi connectivity index (χ3n) is 1.52. The van der Waals surface area contributed by atoms with Crippen molar-refractivity contribution >= 4 is 5.97 Å². The van der Waals surface area contributed by atoms with Crippen molar-refractivity contribution in [2.75, 3.05) is 6.61 Å². The van der Waals surface area contributed by atoms with Gasteiger partial charge in [-0.15, -0.1) is 0 Å². The molecule has 0 spiro atoms. The Bertz CT molecular complexity index is 180. The molecular weight excluding hydrogens is 199 g/mol. The van der Waals surface area contributed by atoms with Gasteiger partial charge in [-0.1, -0.05) is 0 Å². The molecule has 0 fully saturated rings. The highest BCUT2D eigenvalue weighted by molar-refractivity contribution is 5.75.